The molecule has 0 bridgehead atoms. The molecule has 0 fully saturated rings. The number of para-hydroxylation sites is 1. The first-order valence-corrected chi connectivity index (χ1v) is 8.15. The summed E-state index contributed by atoms with van der Waals surface area (Å²) in [5, 5.41) is 4.73. The molecule has 0 spiro atoms. The van der Waals surface area contributed by atoms with Crippen molar-refractivity contribution in [3.05, 3.63) is 58.2 Å². The maximum atomic E-state index is 4.50. The lowest BCUT2D eigenvalue weighted by atomic mass is 10.1. The Morgan fingerprint density at radius 2 is 1.90 bits per heavy atom. The van der Waals surface area contributed by atoms with Gasteiger partial charge in [-0.15, -0.1) is 11.3 Å². The summed E-state index contributed by atoms with van der Waals surface area (Å²) in [5.41, 5.74) is 5.53. The first-order valence-electron chi connectivity index (χ1n) is 7.27. The molecule has 108 valence electrons. The third-order valence-corrected chi connectivity index (χ3v) is 4.66. The predicted molar refractivity (Wildman–Crippen MR) is 88.9 cm³/mol. The van der Waals surface area contributed by atoms with Gasteiger partial charge in [0.1, 0.15) is 0 Å². The average molecular weight is 297 g/mol. The number of hydrogen-bond acceptors (Lipinski definition) is 4. The number of nitrogens with zero attached hydrogens (tertiary/aromatic N) is 2. The van der Waals surface area contributed by atoms with E-state index in [1.54, 1.807) is 11.3 Å². The van der Waals surface area contributed by atoms with E-state index >= 15 is 0 Å². The molecule has 3 rings (SSSR count). The summed E-state index contributed by atoms with van der Waals surface area (Å²) < 4.78 is 0. The van der Waals surface area contributed by atoms with Crippen LogP contribution in [0.4, 0.5) is 0 Å². The normalized spacial score (nSPS) is 11.1. The Hall–Kier alpha value is -1.78. The van der Waals surface area contributed by atoms with E-state index in [-0.39, 0.29) is 0 Å². The fraction of sp³-hybridized carbons (Fsp3) is 0.294. The number of rotatable bonds is 6. The SMILES string of the molecule is Cc1ncsc1CCNCCc1cccc2cccnc12. The van der Waals surface area contributed by atoms with Crippen molar-refractivity contribution in [3.8, 4) is 0 Å². The van der Waals surface area contributed by atoms with Crippen molar-refractivity contribution >= 4 is 22.2 Å². The van der Waals surface area contributed by atoms with Crippen molar-refractivity contribution < 1.29 is 0 Å². The van der Waals surface area contributed by atoms with Crippen molar-refractivity contribution in [2.24, 2.45) is 0 Å². The van der Waals surface area contributed by atoms with E-state index in [1.807, 2.05) is 17.8 Å². The van der Waals surface area contributed by atoms with Crippen LogP contribution in [0.1, 0.15) is 16.1 Å². The van der Waals surface area contributed by atoms with Crippen LogP contribution in [0.2, 0.25) is 0 Å². The predicted octanol–water partition coefficient (Wildman–Crippen LogP) is 3.37. The quantitative estimate of drug-likeness (QED) is 0.709. The van der Waals surface area contributed by atoms with E-state index in [4.69, 9.17) is 0 Å². The molecule has 0 saturated heterocycles. The van der Waals surface area contributed by atoms with E-state index in [0.717, 1.165) is 31.4 Å². The molecular formula is C17H19N3S. The molecule has 0 aliphatic carbocycles. The first kappa shape index (κ1) is 14.2. The Bertz CT molecular complexity index is 715. The van der Waals surface area contributed by atoms with Gasteiger partial charge in [0, 0.05) is 23.0 Å². The smallest absolute Gasteiger partial charge is 0.0797 e. The monoisotopic (exact) mass is 297 g/mol. The summed E-state index contributed by atoms with van der Waals surface area (Å²) in [6, 6.07) is 10.5. The largest absolute Gasteiger partial charge is 0.316 e. The molecule has 0 unspecified atom stereocenters. The van der Waals surface area contributed by atoms with Crippen molar-refractivity contribution in [1.29, 1.82) is 0 Å². The van der Waals surface area contributed by atoms with Gasteiger partial charge in [0.2, 0.25) is 0 Å². The minimum Gasteiger partial charge on any atom is -0.316 e. The van der Waals surface area contributed by atoms with Crippen molar-refractivity contribution in [2.45, 2.75) is 19.8 Å². The van der Waals surface area contributed by atoms with Gasteiger partial charge in [-0.2, -0.15) is 0 Å². The van der Waals surface area contributed by atoms with Gasteiger partial charge in [-0.05, 0) is 37.9 Å². The molecule has 3 nitrogen and oxygen atoms in total. The zero-order valence-electron chi connectivity index (χ0n) is 12.2. The fourth-order valence-corrected chi connectivity index (χ4v) is 3.27. The van der Waals surface area contributed by atoms with Crippen molar-refractivity contribution in [2.75, 3.05) is 13.1 Å². The van der Waals surface area contributed by atoms with Crippen LogP contribution in [0.3, 0.4) is 0 Å². The highest BCUT2D eigenvalue weighted by Crippen LogP contribution is 2.16. The van der Waals surface area contributed by atoms with Crippen LogP contribution in [0.15, 0.2) is 42.0 Å². The highest BCUT2D eigenvalue weighted by Gasteiger charge is 2.02. The number of thiazole rings is 1. The number of benzene rings is 1. The summed E-state index contributed by atoms with van der Waals surface area (Å²) in [7, 11) is 0. The topological polar surface area (TPSA) is 37.8 Å². The Morgan fingerprint density at radius 1 is 1.05 bits per heavy atom. The van der Waals surface area contributed by atoms with E-state index in [9.17, 15) is 0 Å². The van der Waals surface area contributed by atoms with Crippen LogP contribution in [-0.4, -0.2) is 23.1 Å². The molecule has 0 aliphatic rings. The van der Waals surface area contributed by atoms with Crippen LogP contribution in [0.25, 0.3) is 10.9 Å². The zero-order chi connectivity index (χ0) is 14.5. The molecule has 0 aliphatic heterocycles. The Kier molecular flexibility index (Phi) is 4.58. The third kappa shape index (κ3) is 3.46. The summed E-state index contributed by atoms with van der Waals surface area (Å²) >= 11 is 1.74. The Labute approximate surface area is 129 Å². The van der Waals surface area contributed by atoms with Gasteiger partial charge in [0.15, 0.2) is 0 Å². The van der Waals surface area contributed by atoms with Gasteiger partial charge in [-0.1, -0.05) is 24.3 Å². The zero-order valence-corrected chi connectivity index (χ0v) is 13.0. The second-order valence-corrected chi connectivity index (χ2v) is 6.04. The Balaban J connectivity index is 1.52. The highest BCUT2D eigenvalue weighted by atomic mass is 32.1. The number of aryl methyl sites for hydroxylation is 1. The maximum absolute atomic E-state index is 4.50. The van der Waals surface area contributed by atoms with Gasteiger partial charge in [0.25, 0.3) is 0 Å². The standard InChI is InChI=1S/C17H19N3S/c1-13-16(21-12-20-13)8-11-18-10-7-15-5-2-4-14-6-3-9-19-17(14)15/h2-6,9,12,18H,7-8,10-11H2,1H3. The fourth-order valence-electron chi connectivity index (χ4n) is 2.49. The lowest BCUT2D eigenvalue weighted by molar-refractivity contribution is 0.684. The lowest BCUT2D eigenvalue weighted by Crippen LogP contribution is -2.20. The van der Waals surface area contributed by atoms with Gasteiger partial charge >= 0.3 is 0 Å². The van der Waals surface area contributed by atoms with Gasteiger partial charge in [-0.25, -0.2) is 4.98 Å². The van der Waals surface area contributed by atoms with Crippen LogP contribution in [0.5, 0.6) is 0 Å². The molecule has 0 amide bonds. The molecule has 0 saturated carbocycles. The van der Waals surface area contributed by atoms with Crippen LogP contribution < -0.4 is 5.32 Å². The Morgan fingerprint density at radius 3 is 2.76 bits per heavy atom. The van der Waals surface area contributed by atoms with E-state index in [1.165, 1.54) is 21.5 Å². The number of aromatic nitrogens is 2. The average Bonchev–Trinajstić information content (AvgIpc) is 2.92. The van der Waals surface area contributed by atoms with Crippen molar-refractivity contribution in [1.82, 2.24) is 15.3 Å². The number of hydrogen-bond donors (Lipinski definition) is 1. The molecule has 2 heterocycles. The van der Waals surface area contributed by atoms with Gasteiger partial charge in [-0.3, -0.25) is 4.98 Å². The molecule has 3 aromatic rings. The maximum Gasteiger partial charge on any atom is 0.0797 e. The number of pyridine rings is 1. The molecule has 0 atom stereocenters. The minimum atomic E-state index is 0.980. The minimum absolute atomic E-state index is 0.980. The van der Waals surface area contributed by atoms with E-state index in [2.05, 4.69) is 46.5 Å². The van der Waals surface area contributed by atoms with Crippen LogP contribution in [-0.2, 0) is 12.8 Å². The van der Waals surface area contributed by atoms with E-state index in [0.29, 0.717) is 0 Å². The molecule has 1 aromatic carbocycles. The van der Waals surface area contributed by atoms with Crippen LogP contribution in [0, 0.1) is 6.92 Å². The van der Waals surface area contributed by atoms with E-state index < -0.39 is 0 Å². The third-order valence-electron chi connectivity index (χ3n) is 3.66. The molecule has 2 aromatic heterocycles. The highest BCUT2D eigenvalue weighted by molar-refractivity contribution is 7.09. The van der Waals surface area contributed by atoms with Crippen molar-refractivity contribution in [3.63, 3.8) is 0 Å². The second kappa shape index (κ2) is 6.78. The summed E-state index contributed by atoms with van der Waals surface area (Å²) in [6.45, 7) is 4.06. The summed E-state index contributed by atoms with van der Waals surface area (Å²) in [6.07, 6.45) is 3.94. The van der Waals surface area contributed by atoms with Gasteiger partial charge in [0.05, 0.1) is 16.7 Å². The number of nitrogens with one attached hydrogen (secondary N) is 1. The molecule has 1 N–H and O–H groups in total. The molecule has 21 heavy (non-hydrogen) atoms. The molecule has 0 radical (unpaired) electrons. The second-order valence-electron chi connectivity index (χ2n) is 5.10. The summed E-state index contributed by atoms with van der Waals surface area (Å²) in [4.78, 5) is 10.2. The first-order chi connectivity index (χ1) is 10.3. The molecule has 4 heteroatoms. The lowest BCUT2D eigenvalue weighted by Gasteiger charge is -2.07. The molecular weight excluding hydrogens is 278 g/mol. The summed E-state index contributed by atoms with van der Waals surface area (Å²) in [5.74, 6) is 0. The number of fused-ring (bicyclic) bond motifs is 1. The van der Waals surface area contributed by atoms with Gasteiger partial charge < -0.3 is 5.32 Å². The van der Waals surface area contributed by atoms with Crippen LogP contribution >= 0.6 is 11.3 Å².